The molecule has 3 rings (SSSR count). The summed E-state index contributed by atoms with van der Waals surface area (Å²) in [6.45, 7) is 0.472. The van der Waals surface area contributed by atoms with Crippen LogP contribution in [0.1, 0.15) is 5.56 Å². The Hall–Kier alpha value is -2.11. The summed E-state index contributed by atoms with van der Waals surface area (Å²) in [5.74, 6) is 1.34. The van der Waals surface area contributed by atoms with Gasteiger partial charge in [-0.15, -0.1) is 0 Å². The fourth-order valence-electron chi connectivity index (χ4n) is 1.96. The van der Waals surface area contributed by atoms with E-state index in [1.165, 1.54) is 11.5 Å². The standard InChI is InChI=1S/C15H14N2O2S/c1-18-14-8-10(9-16)6-7-13(14)19-15-11-4-2-3-5-12(11)17-20-15/h2-8H,9,16H2,1H3. The van der Waals surface area contributed by atoms with Gasteiger partial charge in [-0.05, 0) is 29.8 Å². The van der Waals surface area contributed by atoms with E-state index >= 15 is 0 Å². The van der Waals surface area contributed by atoms with Crippen LogP contribution in [0, 0.1) is 0 Å². The third-order valence-electron chi connectivity index (χ3n) is 3.02. The molecule has 1 heterocycles. The van der Waals surface area contributed by atoms with Gasteiger partial charge in [-0.3, -0.25) is 0 Å². The molecular formula is C15H14N2O2S. The fourth-order valence-corrected chi connectivity index (χ4v) is 2.70. The predicted molar refractivity (Wildman–Crippen MR) is 80.6 cm³/mol. The minimum Gasteiger partial charge on any atom is -0.493 e. The van der Waals surface area contributed by atoms with Crippen LogP contribution in [0.3, 0.4) is 0 Å². The number of nitrogens with zero attached hydrogens (tertiary/aromatic N) is 1. The molecule has 2 N–H and O–H groups in total. The van der Waals surface area contributed by atoms with E-state index in [4.69, 9.17) is 15.2 Å². The van der Waals surface area contributed by atoms with Gasteiger partial charge in [-0.2, -0.15) is 4.37 Å². The van der Waals surface area contributed by atoms with Gasteiger partial charge in [-0.1, -0.05) is 18.2 Å². The van der Waals surface area contributed by atoms with Gasteiger partial charge < -0.3 is 15.2 Å². The van der Waals surface area contributed by atoms with Crippen LogP contribution >= 0.6 is 11.5 Å². The van der Waals surface area contributed by atoms with Gasteiger partial charge in [0.1, 0.15) is 0 Å². The summed E-state index contributed by atoms with van der Waals surface area (Å²) < 4.78 is 15.7. The maximum absolute atomic E-state index is 5.94. The van der Waals surface area contributed by atoms with E-state index in [1.54, 1.807) is 7.11 Å². The van der Waals surface area contributed by atoms with E-state index in [9.17, 15) is 0 Å². The Kier molecular flexibility index (Phi) is 3.54. The summed E-state index contributed by atoms with van der Waals surface area (Å²) >= 11 is 1.33. The van der Waals surface area contributed by atoms with Crippen molar-refractivity contribution in [2.75, 3.05) is 7.11 Å². The van der Waals surface area contributed by atoms with Gasteiger partial charge in [0.05, 0.1) is 18.0 Å². The first kappa shape index (κ1) is 12.9. The highest BCUT2D eigenvalue weighted by Gasteiger charge is 2.11. The number of fused-ring (bicyclic) bond motifs is 1. The Balaban J connectivity index is 1.98. The Morgan fingerprint density at radius 2 is 2.00 bits per heavy atom. The molecule has 102 valence electrons. The first-order valence-corrected chi connectivity index (χ1v) is 6.98. The van der Waals surface area contributed by atoms with Crippen LogP contribution < -0.4 is 15.2 Å². The molecule has 3 aromatic rings. The molecule has 0 spiro atoms. The maximum Gasteiger partial charge on any atom is 0.208 e. The van der Waals surface area contributed by atoms with Crippen LogP contribution in [-0.2, 0) is 6.54 Å². The molecule has 0 aliphatic carbocycles. The number of nitrogens with two attached hydrogens (primary N) is 1. The first-order chi connectivity index (χ1) is 9.81. The number of benzene rings is 2. The molecule has 0 aliphatic heterocycles. The summed E-state index contributed by atoms with van der Waals surface area (Å²) in [5.41, 5.74) is 7.57. The zero-order valence-corrected chi connectivity index (χ0v) is 11.8. The van der Waals surface area contributed by atoms with Crippen LogP contribution in [0.2, 0.25) is 0 Å². The van der Waals surface area contributed by atoms with Gasteiger partial charge in [0, 0.05) is 18.1 Å². The molecule has 0 atom stereocenters. The Morgan fingerprint density at radius 3 is 2.80 bits per heavy atom. The minimum absolute atomic E-state index is 0.472. The second-order valence-corrected chi connectivity index (χ2v) is 5.01. The van der Waals surface area contributed by atoms with Crippen LogP contribution in [0.15, 0.2) is 42.5 Å². The second kappa shape index (κ2) is 5.48. The smallest absolute Gasteiger partial charge is 0.208 e. The van der Waals surface area contributed by atoms with Gasteiger partial charge >= 0.3 is 0 Å². The average molecular weight is 286 g/mol. The van der Waals surface area contributed by atoms with E-state index in [0.717, 1.165) is 21.5 Å². The van der Waals surface area contributed by atoms with Crippen LogP contribution in [0.25, 0.3) is 10.9 Å². The lowest BCUT2D eigenvalue weighted by atomic mass is 10.2. The van der Waals surface area contributed by atoms with E-state index in [-0.39, 0.29) is 0 Å². The lowest BCUT2D eigenvalue weighted by molar-refractivity contribution is 0.382. The SMILES string of the molecule is COc1cc(CN)ccc1Oc1snc2ccccc12. The van der Waals surface area contributed by atoms with Gasteiger partial charge in [-0.25, -0.2) is 0 Å². The number of hydrogen-bond acceptors (Lipinski definition) is 5. The molecule has 0 radical (unpaired) electrons. The number of aromatic nitrogens is 1. The Morgan fingerprint density at radius 1 is 1.15 bits per heavy atom. The summed E-state index contributed by atoms with van der Waals surface area (Å²) in [4.78, 5) is 0. The van der Waals surface area contributed by atoms with E-state index in [2.05, 4.69) is 4.37 Å². The van der Waals surface area contributed by atoms with Crippen LogP contribution in [-0.4, -0.2) is 11.5 Å². The highest BCUT2D eigenvalue weighted by Crippen LogP contribution is 2.38. The molecule has 0 saturated heterocycles. The summed E-state index contributed by atoms with van der Waals surface area (Å²) in [6.07, 6.45) is 0. The zero-order chi connectivity index (χ0) is 13.9. The molecule has 5 heteroatoms. The molecule has 0 amide bonds. The van der Waals surface area contributed by atoms with Crippen molar-refractivity contribution in [3.63, 3.8) is 0 Å². The van der Waals surface area contributed by atoms with Crippen molar-refractivity contribution in [3.8, 4) is 16.6 Å². The molecule has 0 fully saturated rings. The number of ether oxygens (including phenoxy) is 2. The molecule has 4 nitrogen and oxygen atoms in total. The third-order valence-corrected chi connectivity index (χ3v) is 3.77. The number of methoxy groups -OCH3 is 1. The van der Waals surface area contributed by atoms with Gasteiger partial charge in [0.2, 0.25) is 5.06 Å². The van der Waals surface area contributed by atoms with Crippen molar-refractivity contribution in [3.05, 3.63) is 48.0 Å². The normalized spacial score (nSPS) is 10.7. The molecule has 0 aliphatic rings. The monoisotopic (exact) mass is 286 g/mol. The van der Waals surface area contributed by atoms with E-state index in [0.29, 0.717) is 18.0 Å². The second-order valence-electron chi connectivity index (χ2n) is 4.28. The summed E-state index contributed by atoms with van der Waals surface area (Å²) in [6, 6.07) is 13.6. The molecule has 2 aromatic carbocycles. The molecule has 1 aromatic heterocycles. The van der Waals surface area contributed by atoms with Crippen molar-refractivity contribution in [2.45, 2.75) is 6.54 Å². The molecule has 0 unspecified atom stereocenters. The molecule has 0 bridgehead atoms. The average Bonchev–Trinajstić information content (AvgIpc) is 2.91. The van der Waals surface area contributed by atoms with E-state index < -0.39 is 0 Å². The number of rotatable bonds is 4. The van der Waals surface area contributed by atoms with Crippen LogP contribution in [0.5, 0.6) is 16.6 Å². The van der Waals surface area contributed by atoms with Crippen molar-refractivity contribution < 1.29 is 9.47 Å². The molecule has 0 saturated carbocycles. The maximum atomic E-state index is 5.94. The van der Waals surface area contributed by atoms with Crippen molar-refractivity contribution in [2.24, 2.45) is 5.73 Å². The van der Waals surface area contributed by atoms with Crippen LogP contribution in [0.4, 0.5) is 0 Å². The zero-order valence-electron chi connectivity index (χ0n) is 11.0. The van der Waals surface area contributed by atoms with E-state index in [1.807, 2.05) is 42.5 Å². The van der Waals surface area contributed by atoms with Crippen molar-refractivity contribution in [1.82, 2.24) is 4.37 Å². The highest BCUT2D eigenvalue weighted by molar-refractivity contribution is 7.09. The van der Waals surface area contributed by atoms with Gasteiger partial charge in [0.15, 0.2) is 11.5 Å². The molecular weight excluding hydrogens is 272 g/mol. The first-order valence-electron chi connectivity index (χ1n) is 6.21. The largest absolute Gasteiger partial charge is 0.493 e. The number of hydrogen-bond donors (Lipinski definition) is 1. The minimum atomic E-state index is 0.472. The van der Waals surface area contributed by atoms with Gasteiger partial charge in [0.25, 0.3) is 0 Å². The fraction of sp³-hybridized carbons (Fsp3) is 0.133. The lowest BCUT2D eigenvalue weighted by Crippen LogP contribution is -1.97. The summed E-state index contributed by atoms with van der Waals surface area (Å²) in [7, 11) is 1.62. The predicted octanol–water partition coefficient (Wildman–Crippen LogP) is 3.56. The molecule has 20 heavy (non-hydrogen) atoms. The Labute approximate surface area is 120 Å². The third kappa shape index (κ3) is 2.33. The highest BCUT2D eigenvalue weighted by atomic mass is 32.1. The topological polar surface area (TPSA) is 57.4 Å². The summed E-state index contributed by atoms with van der Waals surface area (Å²) in [5, 5.41) is 1.77. The van der Waals surface area contributed by atoms with Crippen molar-refractivity contribution in [1.29, 1.82) is 0 Å². The lowest BCUT2D eigenvalue weighted by Gasteiger charge is -2.10. The quantitative estimate of drug-likeness (QED) is 0.796. The van der Waals surface area contributed by atoms with Crippen molar-refractivity contribution >= 4 is 22.4 Å². The Bertz CT molecular complexity index is 740.